The van der Waals surface area contributed by atoms with Crippen LogP contribution in [0.25, 0.3) is 11.3 Å². The molecule has 1 unspecified atom stereocenters. The molecule has 0 saturated carbocycles. The van der Waals surface area contributed by atoms with Crippen molar-refractivity contribution in [2.75, 3.05) is 13.2 Å². The summed E-state index contributed by atoms with van der Waals surface area (Å²) in [6.45, 7) is 13.6. The number of hydrogen-bond acceptors (Lipinski definition) is 6. The minimum Gasteiger partial charge on any atom is -0.477 e. The molecular formula is C25H37N7O. The van der Waals surface area contributed by atoms with Gasteiger partial charge < -0.3 is 4.74 Å². The zero-order valence-electron chi connectivity index (χ0n) is 20.9. The number of aromatic nitrogens is 6. The Hall–Kier alpha value is -2.74. The Morgan fingerprint density at radius 2 is 1.97 bits per heavy atom. The molecule has 5 heterocycles. The number of rotatable bonds is 3. The molecule has 8 nitrogen and oxygen atoms in total. The van der Waals surface area contributed by atoms with Crippen LogP contribution >= 0.6 is 0 Å². The van der Waals surface area contributed by atoms with Gasteiger partial charge in [0.25, 0.3) is 0 Å². The van der Waals surface area contributed by atoms with Gasteiger partial charge in [-0.2, -0.15) is 15.2 Å². The number of H-pyrrole nitrogens is 1. The molecule has 0 amide bonds. The van der Waals surface area contributed by atoms with E-state index in [1.165, 1.54) is 18.4 Å². The Kier molecular flexibility index (Phi) is 7.12. The summed E-state index contributed by atoms with van der Waals surface area (Å²) in [5.41, 5.74) is 6.68. The highest BCUT2D eigenvalue weighted by atomic mass is 16.5. The fourth-order valence-corrected chi connectivity index (χ4v) is 4.95. The molecule has 1 N–H and O–H groups in total. The van der Waals surface area contributed by atoms with Crippen LogP contribution < -0.4 is 4.74 Å². The summed E-state index contributed by atoms with van der Waals surface area (Å²) < 4.78 is 7.59. The zero-order valence-corrected chi connectivity index (χ0v) is 20.9. The first-order chi connectivity index (χ1) is 15.8. The van der Waals surface area contributed by atoms with E-state index < -0.39 is 0 Å². The quantitative estimate of drug-likeness (QED) is 0.644. The maximum atomic E-state index is 5.71. The van der Waals surface area contributed by atoms with Crippen LogP contribution in [-0.2, 0) is 20.0 Å². The van der Waals surface area contributed by atoms with Crippen LogP contribution in [0.3, 0.4) is 0 Å². The molecule has 2 aliphatic heterocycles. The molecule has 1 fully saturated rings. The van der Waals surface area contributed by atoms with Crippen molar-refractivity contribution in [3.8, 4) is 17.1 Å². The van der Waals surface area contributed by atoms with Crippen LogP contribution in [0.1, 0.15) is 61.6 Å². The van der Waals surface area contributed by atoms with Crippen LogP contribution in [0.4, 0.5) is 0 Å². The van der Waals surface area contributed by atoms with E-state index >= 15 is 0 Å². The molecule has 178 valence electrons. The topological polar surface area (TPSA) is 84.8 Å². The van der Waals surface area contributed by atoms with Crippen molar-refractivity contribution in [1.29, 1.82) is 0 Å². The third-order valence-electron chi connectivity index (χ3n) is 6.93. The van der Waals surface area contributed by atoms with Crippen molar-refractivity contribution in [2.45, 2.75) is 72.9 Å². The Morgan fingerprint density at radius 1 is 1.15 bits per heavy atom. The van der Waals surface area contributed by atoms with Gasteiger partial charge in [0, 0.05) is 41.8 Å². The SMILES string of the molecule is Cc1nc(CN2CCC(C)C[C@H]2C)nc2c1CCCO2.Cc1nn(C)c(C)c1-c1ccn[nH]1. The van der Waals surface area contributed by atoms with E-state index in [-0.39, 0.29) is 0 Å². The molecule has 0 aromatic carbocycles. The van der Waals surface area contributed by atoms with E-state index in [4.69, 9.17) is 9.72 Å². The van der Waals surface area contributed by atoms with Crippen molar-refractivity contribution in [1.82, 2.24) is 34.8 Å². The average molecular weight is 452 g/mol. The molecule has 8 heteroatoms. The summed E-state index contributed by atoms with van der Waals surface area (Å²) in [4.78, 5) is 11.9. The van der Waals surface area contributed by atoms with Crippen LogP contribution in [0.5, 0.6) is 5.88 Å². The molecule has 0 aliphatic carbocycles. The van der Waals surface area contributed by atoms with Crippen LogP contribution in [-0.4, -0.2) is 54.0 Å². The largest absolute Gasteiger partial charge is 0.477 e. The van der Waals surface area contributed by atoms with Crippen molar-refractivity contribution in [2.24, 2.45) is 13.0 Å². The summed E-state index contributed by atoms with van der Waals surface area (Å²) in [5, 5.41) is 11.2. The summed E-state index contributed by atoms with van der Waals surface area (Å²) in [6.07, 6.45) is 6.45. The number of aryl methyl sites for hydroxylation is 3. The highest BCUT2D eigenvalue weighted by Crippen LogP contribution is 2.27. The molecule has 2 atom stereocenters. The smallest absolute Gasteiger partial charge is 0.220 e. The van der Waals surface area contributed by atoms with Crippen molar-refractivity contribution < 1.29 is 4.74 Å². The second-order valence-electron chi connectivity index (χ2n) is 9.55. The van der Waals surface area contributed by atoms with E-state index in [9.17, 15) is 0 Å². The molecule has 1 saturated heterocycles. The number of likely N-dealkylation sites (tertiary alicyclic amines) is 1. The van der Waals surface area contributed by atoms with E-state index in [1.807, 2.05) is 24.7 Å². The molecule has 3 aromatic rings. The number of nitrogens with one attached hydrogen (secondary N) is 1. The highest BCUT2D eigenvalue weighted by molar-refractivity contribution is 5.64. The van der Waals surface area contributed by atoms with Crippen molar-refractivity contribution in [3.63, 3.8) is 0 Å². The minimum atomic E-state index is 0.625. The van der Waals surface area contributed by atoms with Gasteiger partial charge in [-0.1, -0.05) is 6.92 Å². The summed E-state index contributed by atoms with van der Waals surface area (Å²) in [5.74, 6) is 2.59. The third-order valence-corrected chi connectivity index (χ3v) is 6.93. The van der Waals surface area contributed by atoms with Gasteiger partial charge >= 0.3 is 0 Å². The second kappa shape index (κ2) is 10.0. The summed E-state index contributed by atoms with van der Waals surface area (Å²) >= 11 is 0. The van der Waals surface area contributed by atoms with Gasteiger partial charge in [0.15, 0.2) is 0 Å². The number of aromatic amines is 1. The number of piperidine rings is 1. The van der Waals surface area contributed by atoms with Gasteiger partial charge in [-0.05, 0) is 71.9 Å². The first-order valence-corrected chi connectivity index (χ1v) is 12.1. The fourth-order valence-electron chi connectivity index (χ4n) is 4.95. The number of nitrogens with zero attached hydrogens (tertiary/aromatic N) is 6. The molecular weight excluding hydrogens is 414 g/mol. The maximum Gasteiger partial charge on any atom is 0.220 e. The van der Waals surface area contributed by atoms with E-state index in [0.29, 0.717) is 6.04 Å². The van der Waals surface area contributed by atoms with E-state index in [0.717, 1.165) is 78.5 Å². The zero-order chi connectivity index (χ0) is 23.5. The summed E-state index contributed by atoms with van der Waals surface area (Å²) in [6, 6.07) is 2.58. The fraction of sp³-hybridized carbons (Fsp3) is 0.600. The van der Waals surface area contributed by atoms with Crippen LogP contribution in [0.2, 0.25) is 0 Å². The summed E-state index contributed by atoms with van der Waals surface area (Å²) in [7, 11) is 1.95. The lowest BCUT2D eigenvalue weighted by molar-refractivity contribution is 0.118. The Bertz CT molecular complexity index is 1070. The average Bonchev–Trinajstić information content (AvgIpc) is 3.38. The lowest BCUT2D eigenvalue weighted by atomic mass is 9.93. The monoisotopic (exact) mass is 451 g/mol. The lowest BCUT2D eigenvalue weighted by Gasteiger charge is -2.36. The Morgan fingerprint density at radius 3 is 2.64 bits per heavy atom. The predicted octanol–water partition coefficient (Wildman–Crippen LogP) is 4.16. The van der Waals surface area contributed by atoms with Crippen LogP contribution in [0, 0.1) is 26.7 Å². The molecule has 3 aromatic heterocycles. The number of ether oxygens (including phenoxy) is 1. The maximum absolute atomic E-state index is 5.71. The van der Waals surface area contributed by atoms with E-state index in [1.54, 1.807) is 6.20 Å². The lowest BCUT2D eigenvalue weighted by Crippen LogP contribution is -2.40. The predicted molar refractivity (Wildman–Crippen MR) is 129 cm³/mol. The Labute approximate surface area is 196 Å². The molecule has 5 rings (SSSR count). The van der Waals surface area contributed by atoms with Gasteiger partial charge in [-0.15, -0.1) is 0 Å². The van der Waals surface area contributed by atoms with Crippen molar-refractivity contribution in [3.05, 3.63) is 40.7 Å². The van der Waals surface area contributed by atoms with E-state index in [2.05, 4.69) is 52.9 Å². The molecule has 0 bridgehead atoms. The first-order valence-electron chi connectivity index (χ1n) is 12.1. The third kappa shape index (κ3) is 5.27. The minimum absolute atomic E-state index is 0.625. The molecule has 33 heavy (non-hydrogen) atoms. The van der Waals surface area contributed by atoms with Crippen molar-refractivity contribution >= 4 is 0 Å². The highest BCUT2D eigenvalue weighted by Gasteiger charge is 2.25. The van der Waals surface area contributed by atoms with Crippen LogP contribution in [0.15, 0.2) is 12.3 Å². The number of hydrogen-bond donors (Lipinski definition) is 1. The normalized spacial score (nSPS) is 20.5. The number of fused-ring (bicyclic) bond motifs is 1. The van der Waals surface area contributed by atoms with Gasteiger partial charge in [0.2, 0.25) is 5.88 Å². The molecule has 2 aliphatic rings. The molecule has 0 spiro atoms. The second-order valence-corrected chi connectivity index (χ2v) is 9.55. The van der Waals surface area contributed by atoms with Gasteiger partial charge in [0.05, 0.1) is 24.5 Å². The van der Waals surface area contributed by atoms with Gasteiger partial charge in [-0.25, -0.2) is 4.98 Å². The Balaban J connectivity index is 0.000000172. The van der Waals surface area contributed by atoms with Gasteiger partial charge in [0.1, 0.15) is 5.82 Å². The van der Waals surface area contributed by atoms with Gasteiger partial charge in [-0.3, -0.25) is 14.7 Å². The molecule has 0 radical (unpaired) electrons. The first kappa shape index (κ1) is 23.4. The standard InChI is InChI=1S/C16H25N3O.C9H12N4/c1-11-6-7-19(12(2)9-11)10-15-17-13(3)14-5-4-8-20-16(14)18-15;1-6-9(7(2)13(3)12-6)8-4-5-10-11-8/h11-12H,4-10H2,1-3H3;4-5H,1-3H3,(H,10,11)/t11?,12-;/m1./s1.